The van der Waals surface area contributed by atoms with Crippen molar-refractivity contribution in [2.75, 3.05) is 49.3 Å². The predicted octanol–water partition coefficient (Wildman–Crippen LogP) is 5.63. The van der Waals surface area contributed by atoms with Gasteiger partial charge in [-0.25, -0.2) is 4.98 Å². The highest BCUT2D eigenvalue weighted by atomic mass is 16.5. The number of amides is 2. The van der Waals surface area contributed by atoms with E-state index in [1.54, 1.807) is 36.2 Å². The second-order valence-corrected chi connectivity index (χ2v) is 11.5. The Bertz CT molecular complexity index is 1560. The minimum absolute atomic E-state index is 0.0416. The van der Waals surface area contributed by atoms with Gasteiger partial charge in [-0.1, -0.05) is 24.3 Å². The summed E-state index contributed by atoms with van der Waals surface area (Å²) in [5.41, 5.74) is 5.75. The van der Waals surface area contributed by atoms with Gasteiger partial charge in [0.15, 0.2) is 0 Å². The first-order valence-corrected chi connectivity index (χ1v) is 15.1. The van der Waals surface area contributed by atoms with E-state index >= 15 is 0 Å². The molecule has 2 aromatic heterocycles. The lowest BCUT2D eigenvalue weighted by atomic mass is 9.88. The first kappa shape index (κ1) is 30.7. The second kappa shape index (κ2) is 14.2. The molecule has 2 amide bonds. The van der Waals surface area contributed by atoms with Crippen LogP contribution in [0.1, 0.15) is 58.9 Å². The fourth-order valence-electron chi connectivity index (χ4n) is 5.44. The van der Waals surface area contributed by atoms with Crippen LogP contribution in [0.15, 0.2) is 73.2 Å². The van der Waals surface area contributed by atoms with E-state index in [0.717, 1.165) is 24.0 Å². The maximum atomic E-state index is 13.6. The molecule has 0 unspecified atom stereocenters. The number of hydrogen-bond acceptors (Lipinski definition) is 7. The highest BCUT2D eigenvalue weighted by Gasteiger charge is 2.25. The Kier molecular flexibility index (Phi) is 9.91. The van der Waals surface area contributed by atoms with Gasteiger partial charge in [0.1, 0.15) is 5.82 Å². The molecule has 44 heavy (non-hydrogen) atoms. The topological polar surface area (TPSA) is 113 Å². The number of hydrogen-bond donors (Lipinski definition) is 3. The number of nitrogens with one attached hydrogen (secondary N) is 3. The molecule has 0 spiro atoms. The Morgan fingerprint density at radius 1 is 0.955 bits per heavy atom. The van der Waals surface area contributed by atoms with Crippen LogP contribution in [-0.2, 0) is 11.8 Å². The molecule has 0 atom stereocenters. The normalized spacial score (nSPS) is 13.6. The van der Waals surface area contributed by atoms with Crippen molar-refractivity contribution >= 4 is 29.0 Å². The first-order chi connectivity index (χ1) is 21.3. The van der Waals surface area contributed by atoms with E-state index < -0.39 is 0 Å². The fourth-order valence-corrected chi connectivity index (χ4v) is 5.44. The minimum atomic E-state index is -0.302. The Hall–Kier alpha value is -4.70. The van der Waals surface area contributed by atoms with Crippen molar-refractivity contribution in [3.8, 4) is 11.1 Å². The molecule has 10 nitrogen and oxygen atoms in total. The Morgan fingerprint density at radius 3 is 2.34 bits per heavy atom. The third kappa shape index (κ3) is 7.62. The molecule has 3 heterocycles. The zero-order valence-corrected chi connectivity index (χ0v) is 25.8. The molecule has 1 aliphatic heterocycles. The highest BCUT2D eigenvalue weighted by molar-refractivity contribution is 6.07. The van der Waals surface area contributed by atoms with Crippen LogP contribution < -0.4 is 16.0 Å². The summed E-state index contributed by atoms with van der Waals surface area (Å²) in [5, 5.41) is 13.8. The average Bonchev–Trinajstić information content (AvgIpc) is 3.48. The third-order valence-electron chi connectivity index (χ3n) is 7.80. The molecule has 5 rings (SSSR count). The summed E-state index contributed by atoms with van der Waals surface area (Å²) in [7, 11) is 3.55. The molecule has 0 saturated carbocycles. The number of nitrogens with zero attached hydrogens (tertiary/aromatic N) is 4. The van der Waals surface area contributed by atoms with Gasteiger partial charge >= 0.3 is 0 Å². The van der Waals surface area contributed by atoms with E-state index in [-0.39, 0.29) is 17.9 Å². The van der Waals surface area contributed by atoms with Gasteiger partial charge in [-0.3, -0.25) is 14.3 Å². The lowest BCUT2D eigenvalue weighted by Gasteiger charge is -2.32. The molecule has 2 aromatic carbocycles. The third-order valence-corrected chi connectivity index (χ3v) is 7.80. The van der Waals surface area contributed by atoms with Crippen LogP contribution in [0, 0.1) is 0 Å². The smallest absolute Gasteiger partial charge is 0.257 e. The highest BCUT2D eigenvalue weighted by Crippen LogP contribution is 2.31. The number of aryl methyl sites for hydroxylation is 1. The number of pyridine rings is 1. The predicted molar refractivity (Wildman–Crippen MR) is 174 cm³/mol. The van der Waals surface area contributed by atoms with Crippen LogP contribution in [0.5, 0.6) is 0 Å². The van der Waals surface area contributed by atoms with Crippen LogP contribution >= 0.6 is 0 Å². The van der Waals surface area contributed by atoms with E-state index in [1.165, 1.54) is 5.56 Å². The van der Waals surface area contributed by atoms with E-state index in [1.807, 2.05) is 50.3 Å². The number of rotatable bonds is 11. The number of carbonyl (C=O) groups excluding carboxylic acids is 2. The molecule has 3 N–H and O–H groups in total. The second-order valence-electron chi connectivity index (χ2n) is 11.5. The van der Waals surface area contributed by atoms with E-state index in [2.05, 4.69) is 50.3 Å². The molecule has 1 aliphatic rings. The summed E-state index contributed by atoms with van der Waals surface area (Å²) >= 11 is 0. The van der Waals surface area contributed by atoms with Crippen molar-refractivity contribution < 1.29 is 14.3 Å². The van der Waals surface area contributed by atoms with Crippen molar-refractivity contribution in [1.29, 1.82) is 0 Å². The number of aromatic nitrogens is 3. The number of piperidine rings is 1. The molecule has 0 bridgehead atoms. The Labute approximate surface area is 258 Å². The number of anilines is 3. The van der Waals surface area contributed by atoms with Crippen molar-refractivity contribution in [3.05, 3.63) is 89.9 Å². The summed E-state index contributed by atoms with van der Waals surface area (Å²) < 4.78 is 6.98. The number of methoxy groups -OCH3 is 1. The van der Waals surface area contributed by atoms with Crippen LogP contribution in [0.4, 0.5) is 17.2 Å². The van der Waals surface area contributed by atoms with Crippen molar-refractivity contribution in [3.63, 3.8) is 0 Å². The molecule has 4 aromatic rings. The Morgan fingerprint density at radius 2 is 1.70 bits per heavy atom. The van der Waals surface area contributed by atoms with Gasteiger partial charge in [0.05, 0.1) is 29.7 Å². The zero-order valence-electron chi connectivity index (χ0n) is 25.8. The molecule has 0 aliphatic carbocycles. The van der Waals surface area contributed by atoms with Crippen molar-refractivity contribution in [1.82, 2.24) is 19.7 Å². The van der Waals surface area contributed by atoms with Gasteiger partial charge < -0.3 is 25.6 Å². The largest absolute Gasteiger partial charge is 0.383 e. The van der Waals surface area contributed by atoms with Crippen LogP contribution in [0.3, 0.4) is 0 Å². The summed E-state index contributed by atoms with van der Waals surface area (Å²) in [6, 6.07) is 17.8. The first-order valence-electron chi connectivity index (χ1n) is 15.1. The monoisotopic (exact) mass is 595 g/mol. The number of benzene rings is 2. The summed E-state index contributed by atoms with van der Waals surface area (Å²) in [6.07, 6.45) is 7.22. The molecule has 10 heteroatoms. The minimum Gasteiger partial charge on any atom is -0.383 e. The lowest BCUT2D eigenvalue weighted by Crippen LogP contribution is -2.38. The van der Waals surface area contributed by atoms with Gasteiger partial charge in [0.25, 0.3) is 11.8 Å². The van der Waals surface area contributed by atoms with Crippen molar-refractivity contribution in [2.45, 2.75) is 38.6 Å². The van der Waals surface area contributed by atoms with E-state index in [9.17, 15) is 9.59 Å². The van der Waals surface area contributed by atoms with E-state index in [0.29, 0.717) is 60.5 Å². The summed E-state index contributed by atoms with van der Waals surface area (Å²) in [5.74, 6) is 0.764. The fraction of sp³-hybridized carbons (Fsp3) is 0.353. The molecule has 0 radical (unpaired) electrons. The standard InChI is InChI=1S/C34H41N7O3/c1-23(2)38-32-12-10-28(20-36-32)33(42)39-31-19-27(9-11-30(31)35-15-18-44-4)34(43)41-16-13-26(14-17-41)24-5-7-25(8-6-24)29-21-37-40(3)22-29/h5-12,19-23,26,35H,13-18H2,1-4H3,(H,36,38)(H,39,42). The molecular formula is C34H41N7O3. The van der Waals surface area contributed by atoms with Gasteiger partial charge in [0, 0.05) is 63.4 Å². The molecular weight excluding hydrogens is 554 g/mol. The van der Waals surface area contributed by atoms with Gasteiger partial charge in [0.2, 0.25) is 0 Å². The molecule has 230 valence electrons. The maximum absolute atomic E-state index is 13.6. The van der Waals surface area contributed by atoms with Gasteiger partial charge in [-0.05, 0) is 74.1 Å². The van der Waals surface area contributed by atoms with Crippen molar-refractivity contribution in [2.24, 2.45) is 7.05 Å². The number of likely N-dealkylation sites (tertiary alicyclic amines) is 1. The average molecular weight is 596 g/mol. The molecule has 1 saturated heterocycles. The lowest BCUT2D eigenvalue weighted by molar-refractivity contribution is 0.0712. The maximum Gasteiger partial charge on any atom is 0.257 e. The van der Waals surface area contributed by atoms with Gasteiger partial charge in [-0.15, -0.1) is 0 Å². The quantitative estimate of drug-likeness (QED) is 0.193. The Balaban J connectivity index is 1.25. The van der Waals surface area contributed by atoms with E-state index in [4.69, 9.17) is 4.74 Å². The summed E-state index contributed by atoms with van der Waals surface area (Å²) in [6.45, 7) is 6.46. The van der Waals surface area contributed by atoms with Gasteiger partial charge in [-0.2, -0.15) is 5.10 Å². The SMILES string of the molecule is COCCNc1ccc(C(=O)N2CCC(c3ccc(-c4cnn(C)c4)cc3)CC2)cc1NC(=O)c1ccc(NC(C)C)nc1. The van der Waals surface area contributed by atoms with Crippen LogP contribution in [-0.4, -0.2) is 70.9 Å². The van der Waals surface area contributed by atoms with Crippen LogP contribution in [0.2, 0.25) is 0 Å². The zero-order chi connectivity index (χ0) is 31.1. The number of carbonyl (C=O) groups is 2. The van der Waals surface area contributed by atoms with Crippen LogP contribution in [0.25, 0.3) is 11.1 Å². The summed E-state index contributed by atoms with van der Waals surface area (Å²) in [4.78, 5) is 33.0. The number of ether oxygens (including phenoxy) is 1. The molecule has 1 fully saturated rings.